The van der Waals surface area contributed by atoms with Gasteiger partial charge in [0.25, 0.3) is 5.91 Å². The lowest BCUT2D eigenvalue weighted by Crippen LogP contribution is -2.42. The molecule has 1 aromatic carbocycles. The summed E-state index contributed by atoms with van der Waals surface area (Å²) in [6.07, 6.45) is 3.64. The third-order valence-corrected chi connectivity index (χ3v) is 5.02. The molecule has 0 radical (unpaired) electrons. The Morgan fingerprint density at radius 3 is 2.71 bits per heavy atom. The van der Waals surface area contributed by atoms with E-state index in [1.54, 1.807) is 4.90 Å². The Labute approximate surface area is 140 Å². The highest BCUT2D eigenvalue weighted by Crippen LogP contribution is 2.40. The van der Waals surface area contributed by atoms with Crippen molar-refractivity contribution in [1.82, 2.24) is 9.88 Å². The number of carbonyl (C=O) groups excluding carboxylic acids is 1. The summed E-state index contributed by atoms with van der Waals surface area (Å²) in [5.41, 5.74) is 2.49. The number of carboxylic acids is 1. The van der Waals surface area contributed by atoms with Crippen molar-refractivity contribution in [2.45, 2.75) is 31.6 Å². The summed E-state index contributed by atoms with van der Waals surface area (Å²) in [5.74, 6) is -0.875. The van der Waals surface area contributed by atoms with Crippen LogP contribution < -0.4 is 0 Å². The van der Waals surface area contributed by atoms with Gasteiger partial charge in [-0.15, -0.1) is 0 Å². The SMILES string of the molecule is O=C(O)[C@H]1CCCN(C(=O)c2cc(C3CC3)nc3ccccc23)C1. The molecule has 4 rings (SSSR count). The summed E-state index contributed by atoms with van der Waals surface area (Å²) >= 11 is 0. The molecule has 2 fully saturated rings. The second kappa shape index (κ2) is 5.89. The molecule has 2 aliphatic rings. The zero-order valence-electron chi connectivity index (χ0n) is 13.4. The number of rotatable bonds is 3. The number of likely N-dealkylation sites (tertiary alicyclic amines) is 1. The monoisotopic (exact) mass is 324 g/mol. The molecule has 5 heteroatoms. The van der Waals surface area contributed by atoms with Gasteiger partial charge in [0.15, 0.2) is 0 Å². The summed E-state index contributed by atoms with van der Waals surface area (Å²) < 4.78 is 0. The van der Waals surface area contributed by atoms with E-state index in [0.717, 1.165) is 35.9 Å². The minimum absolute atomic E-state index is 0.0681. The van der Waals surface area contributed by atoms with Gasteiger partial charge in [0, 0.05) is 30.1 Å². The van der Waals surface area contributed by atoms with E-state index in [4.69, 9.17) is 4.98 Å². The zero-order valence-corrected chi connectivity index (χ0v) is 13.4. The molecular formula is C19H20N2O3. The molecule has 124 valence electrons. The van der Waals surface area contributed by atoms with E-state index in [2.05, 4.69) is 0 Å². The fourth-order valence-corrected chi connectivity index (χ4v) is 3.49. The van der Waals surface area contributed by atoms with E-state index in [1.807, 2.05) is 30.3 Å². The average Bonchev–Trinajstić information content (AvgIpc) is 3.45. The van der Waals surface area contributed by atoms with Gasteiger partial charge in [-0.05, 0) is 37.8 Å². The van der Waals surface area contributed by atoms with Gasteiger partial charge in [-0.2, -0.15) is 0 Å². The molecule has 5 nitrogen and oxygen atoms in total. The molecule has 1 aliphatic heterocycles. The summed E-state index contributed by atoms with van der Waals surface area (Å²) in [6.45, 7) is 0.918. The van der Waals surface area contributed by atoms with Crippen LogP contribution in [0.25, 0.3) is 10.9 Å². The van der Waals surface area contributed by atoms with E-state index in [9.17, 15) is 14.7 Å². The topological polar surface area (TPSA) is 70.5 Å². The standard InChI is InChI=1S/C19H20N2O3/c22-18(21-9-3-4-13(11-21)19(23)24)15-10-17(12-7-8-12)20-16-6-2-1-5-14(15)16/h1-2,5-6,10,12-13H,3-4,7-9,11H2,(H,23,24)/t13-/m0/s1. The van der Waals surface area contributed by atoms with Gasteiger partial charge in [0.1, 0.15) is 0 Å². The fraction of sp³-hybridized carbons (Fsp3) is 0.421. The van der Waals surface area contributed by atoms with Gasteiger partial charge in [-0.1, -0.05) is 18.2 Å². The van der Waals surface area contributed by atoms with Crippen LogP contribution in [-0.2, 0) is 4.79 Å². The lowest BCUT2D eigenvalue weighted by molar-refractivity contribution is -0.143. The van der Waals surface area contributed by atoms with Gasteiger partial charge >= 0.3 is 5.97 Å². The molecule has 0 spiro atoms. The number of pyridine rings is 1. The molecule has 2 heterocycles. The lowest BCUT2D eigenvalue weighted by Gasteiger charge is -2.31. The number of carbonyl (C=O) groups is 2. The first-order valence-electron chi connectivity index (χ1n) is 8.55. The summed E-state index contributed by atoms with van der Waals surface area (Å²) in [6, 6.07) is 9.63. The van der Waals surface area contributed by atoms with Crippen molar-refractivity contribution in [2.24, 2.45) is 5.92 Å². The van der Waals surface area contributed by atoms with Gasteiger partial charge < -0.3 is 10.0 Å². The van der Waals surface area contributed by atoms with Crippen molar-refractivity contribution in [2.75, 3.05) is 13.1 Å². The van der Waals surface area contributed by atoms with Crippen LogP contribution in [0.15, 0.2) is 30.3 Å². The van der Waals surface area contributed by atoms with Crippen molar-refractivity contribution in [3.05, 3.63) is 41.6 Å². The number of aliphatic carboxylic acids is 1. The Hall–Kier alpha value is -2.43. The number of benzene rings is 1. The molecule has 2 aromatic rings. The number of piperidine rings is 1. The number of nitrogens with zero attached hydrogens (tertiary/aromatic N) is 2. The number of aromatic nitrogens is 1. The second-order valence-corrected chi connectivity index (χ2v) is 6.81. The molecule has 1 saturated heterocycles. The predicted molar refractivity (Wildman–Crippen MR) is 90.0 cm³/mol. The van der Waals surface area contributed by atoms with Gasteiger partial charge in [-0.3, -0.25) is 14.6 Å². The summed E-state index contributed by atoms with van der Waals surface area (Å²) in [4.78, 5) is 30.8. The van der Waals surface area contributed by atoms with Gasteiger partial charge in [0.2, 0.25) is 0 Å². The van der Waals surface area contributed by atoms with Gasteiger partial charge in [0.05, 0.1) is 17.0 Å². The number of amides is 1. The van der Waals surface area contributed by atoms with Crippen LogP contribution in [0.3, 0.4) is 0 Å². The Kier molecular flexibility index (Phi) is 3.71. The minimum Gasteiger partial charge on any atom is -0.481 e. The van der Waals surface area contributed by atoms with E-state index in [-0.39, 0.29) is 5.91 Å². The van der Waals surface area contributed by atoms with Crippen LogP contribution in [0.2, 0.25) is 0 Å². The molecule has 1 N–H and O–H groups in total. The third-order valence-electron chi connectivity index (χ3n) is 5.02. The van der Waals surface area contributed by atoms with Crippen LogP contribution in [-0.4, -0.2) is 40.0 Å². The number of carboxylic acid groups (broad SMARTS) is 1. The normalized spacial score (nSPS) is 21.0. The van der Waals surface area contributed by atoms with Crippen LogP contribution in [0.1, 0.15) is 47.7 Å². The number of hydrogen-bond donors (Lipinski definition) is 1. The molecular weight excluding hydrogens is 304 g/mol. The molecule has 0 bridgehead atoms. The highest BCUT2D eigenvalue weighted by atomic mass is 16.4. The first-order valence-corrected chi connectivity index (χ1v) is 8.55. The fourth-order valence-electron chi connectivity index (χ4n) is 3.49. The maximum absolute atomic E-state index is 13.1. The lowest BCUT2D eigenvalue weighted by atomic mass is 9.97. The van der Waals surface area contributed by atoms with E-state index < -0.39 is 11.9 Å². The number of fused-ring (bicyclic) bond motifs is 1. The zero-order chi connectivity index (χ0) is 16.7. The Morgan fingerprint density at radius 2 is 1.96 bits per heavy atom. The molecule has 1 saturated carbocycles. The first kappa shape index (κ1) is 15.1. The quantitative estimate of drug-likeness (QED) is 0.942. The van der Waals surface area contributed by atoms with Gasteiger partial charge in [-0.25, -0.2) is 0 Å². The second-order valence-electron chi connectivity index (χ2n) is 6.81. The van der Waals surface area contributed by atoms with E-state index >= 15 is 0 Å². The summed E-state index contributed by atoms with van der Waals surface area (Å²) in [5, 5.41) is 10.1. The van der Waals surface area contributed by atoms with Crippen molar-refractivity contribution >= 4 is 22.8 Å². The molecule has 1 atom stereocenters. The first-order chi connectivity index (χ1) is 11.6. The van der Waals surface area contributed by atoms with Crippen LogP contribution >= 0.6 is 0 Å². The maximum Gasteiger partial charge on any atom is 0.308 e. The highest BCUT2D eigenvalue weighted by Gasteiger charge is 2.31. The highest BCUT2D eigenvalue weighted by molar-refractivity contribution is 6.06. The Bertz CT molecular complexity index is 813. The van der Waals surface area contributed by atoms with E-state index in [1.165, 1.54) is 0 Å². The number of hydrogen-bond acceptors (Lipinski definition) is 3. The third kappa shape index (κ3) is 2.75. The molecule has 24 heavy (non-hydrogen) atoms. The molecule has 0 unspecified atom stereocenters. The largest absolute Gasteiger partial charge is 0.481 e. The molecule has 1 aliphatic carbocycles. The predicted octanol–water partition coefficient (Wildman–Crippen LogP) is 3.05. The Balaban J connectivity index is 1.72. The minimum atomic E-state index is -0.814. The average molecular weight is 324 g/mol. The van der Waals surface area contributed by atoms with Crippen LogP contribution in [0.4, 0.5) is 0 Å². The van der Waals surface area contributed by atoms with Crippen molar-refractivity contribution in [3.63, 3.8) is 0 Å². The van der Waals surface area contributed by atoms with Crippen molar-refractivity contribution < 1.29 is 14.7 Å². The summed E-state index contributed by atoms with van der Waals surface area (Å²) in [7, 11) is 0. The smallest absolute Gasteiger partial charge is 0.308 e. The van der Waals surface area contributed by atoms with Crippen molar-refractivity contribution in [1.29, 1.82) is 0 Å². The van der Waals surface area contributed by atoms with Crippen LogP contribution in [0.5, 0.6) is 0 Å². The van der Waals surface area contributed by atoms with Crippen molar-refractivity contribution in [3.8, 4) is 0 Å². The molecule has 1 aromatic heterocycles. The number of para-hydroxylation sites is 1. The van der Waals surface area contributed by atoms with Crippen LogP contribution in [0, 0.1) is 5.92 Å². The molecule has 1 amide bonds. The van der Waals surface area contributed by atoms with E-state index in [0.29, 0.717) is 31.0 Å². The Morgan fingerprint density at radius 1 is 1.17 bits per heavy atom. The maximum atomic E-state index is 13.1.